The molecule has 1 heterocycles. The van der Waals surface area contributed by atoms with Gasteiger partial charge in [-0.3, -0.25) is 0 Å². The lowest BCUT2D eigenvalue weighted by Crippen LogP contribution is -2.11. The number of nitrogens with two attached hydrogens (primary N) is 1. The number of aromatic nitrogens is 2. The van der Waals surface area contributed by atoms with E-state index in [-0.39, 0.29) is 0 Å². The van der Waals surface area contributed by atoms with Crippen LogP contribution in [0, 0.1) is 5.92 Å². The minimum absolute atomic E-state index is 0.565. The van der Waals surface area contributed by atoms with Crippen molar-refractivity contribution in [3.63, 3.8) is 0 Å². The molecule has 1 aliphatic carbocycles. The number of benzene rings is 2. The molecule has 5 nitrogen and oxygen atoms in total. The van der Waals surface area contributed by atoms with Crippen molar-refractivity contribution in [1.29, 1.82) is 0 Å². The average molecular weight is 619 g/mol. The molecule has 1 saturated carbocycles. The molecule has 4 rings (SSSR count). The van der Waals surface area contributed by atoms with Gasteiger partial charge in [0.1, 0.15) is 5.75 Å². The second kappa shape index (κ2) is 22.3. The van der Waals surface area contributed by atoms with Crippen LogP contribution in [0.4, 0.5) is 5.69 Å². The molecule has 0 amide bonds. The first kappa shape index (κ1) is 39.8. The lowest BCUT2D eigenvalue weighted by molar-refractivity contribution is 0.317. The van der Waals surface area contributed by atoms with Gasteiger partial charge in [0.15, 0.2) is 0 Å². The quantitative estimate of drug-likeness (QED) is 0.212. The molecule has 0 aliphatic heterocycles. The second-order valence-corrected chi connectivity index (χ2v) is 11.6. The highest BCUT2D eigenvalue weighted by Crippen LogP contribution is 2.42. The number of hydrogen-bond donors (Lipinski definition) is 2. The van der Waals surface area contributed by atoms with Crippen LogP contribution in [0.5, 0.6) is 5.75 Å². The zero-order valence-corrected chi connectivity index (χ0v) is 30.6. The van der Waals surface area contributed by atoms with Crippen molar-refractivity contribution in [3.05, 3.63) is 60.6 Å². The van der Waals surface area contributed by atoms with Crippen molar-refractivity contribution in [3.8, 4) is 16.9 Å². The Balaban J connectivity index is 0.00000101. The topological polar surface area (TPSA) is 65.1 Å². The van der Waals surface area contributed by atoms with E-state index in [4.69, 9.17) is 15.5 Å². The Morgan fingerprint density at radius 1 is 1.04 bits per heavy atom. The molecule has 45 heavy (non-hydrogen) atoms. The van der Waals surface area contributed by atoms with Gasteiger partial charge in [-0.1, -0.05) is 120 Å². The maximum absolute atomic E-state index is 6.64. The number of anilines is 1. The zero-order valence-electron chi connectivity index (χ0n) is 30.6. The average Bonchev–Trinajstić information content (AvgIpc) is 3.52. The molecule has 2 aromatic carbocycles. The first-order valence-electron chi connectivity index (χ1n) is 18.0. The molecule has 1 aromatic heterocycles. The number of imidazole rings is 1. The van der Waals surface area contributed by atoms with Gasteiger partial charge in [-0.25, -0.2) is 4.98 Å². The molecule has 252 valence electrons. The van der Waals surface area contributed by atoms with E-state index in [0.29, 0.717) is 12.6 Å². The molecule has 0 unspecified atom stereocenters. The summed E-state index contributed by atoms with van der Waals surface area (Å²) in [5, 5.41) is 3.41. The van der Waals surface area contributed by atoms with Crippen LogP contribution < -0.4 is 15.8 Å². The summed E-state index contributed by atoms with van der Waals surface area (Å²) in [7, 11) is 0. The Hall–Kier alpha value is -3.21. The van der Waals surface area contributed by atoms with Crippen molar-refractivity contribution < 1.29 is 4.74 Å². The largest absolute Gasteiger partial charge is 0.493 e. The van der Waals surface area contributed by atoms with E-state index in [1.807, 2.05) is 34.0 Å². The Morgan fingerprint density at radius 2 is 1.71 bits per heavy atom. The van der Waals surface area contributed by atoms with Gasteiger partial charge in [-0.15, -0.1) is 0 Å². The van der Waals surface area contributed by atoms with Crippen LogP contribution in [-0.4, -0.2) is 16.2 Å². The van der Waals surface area contributed by atoms with Crippen molar-refractivity contribution in [2.75, 3.05) is 11.9 Å². The predicted octanol–water partition coefficient (Wildman–Crippen LogP) is 12.3. The molecule has 0 spiro atoms. The molecular weight excluding hydrogens is 552 g/mol. The fourth-order valence-corrected chi connectivity index (χ4v) is 5.45. The van der Waals surface area contributed by atoms with Crippen LogP contribution in [-0.2, 0) is 6.42 Å². The van der Waals surface area contributed by atoms with Crippen molar-refractivity contribution in [1.82, 2.24) is 9.55 Å². The van der Waals surface area contributed by atoms with Gasteiger partial charge in [0.25, 0.3) is 0 Å². The van der Waals surface area contributed by atoms with Crippen LogP contribution in [0.15, 0.2) is 49.4 Å². The van der Waals surface area contributed by atoms with Crippen molar-refractivity contribution in [2.24, 2.45) is 11.7 Å². The Bertz CT molecular complexity index is 1280. The highest BCUT2D eigenvalue weighted by Gasteiger charge is 2.22. The number of hydrogen-bond acceptors (Lipinski definition) is 4. The molecule has 3 N–H and O–H groups in total. The van der Waals surface area contributed by atoms with Gasteiger partial charge in [0.2, 0.25) is 0 Å². The second-order valence-electron chi connectivity index (χ2n) is 11.6. The normalized spacial score (nSPS) is 13.2. The summed E-state index contributed by atoms with van der Waals surface area (Å²) < 4.78 is 8.68. The van der Waals surface area contributed by atoms with Gasteiger partial charge in [0, 0.05) is 11.7 Å². The third kappa shape index (κ3) is 11.3. The van der Waals surface area contributed by atoms with Gasteiger partial charge < -0.3 is 20.4 Å². The van der Waals surface area contributed by atoms with Crippen LogP contribution in [0.3, 0.4) is 0 Å². The lowest BCUT2D eigenvalue weighted by atomic mass is 9.91. The van der Waals surface area contributed by atoms with Gasteiger partial charge in [-0.2, -0.15) is 0 Å². The Kier molecular flexibility index (Phi) is 19.7. The van der Waals surface area contributed by atoms with E-state index in [1.54, 1.807) is 6.20 Å². The number of ether oxygens (including phenoxy) is 1. The lowest BCUT2D eigenvalue weighted by Gasteiger charge is -2.24. The number of rotatable bonds is 12. The number of nitrogens with zero attached hydrogens (tertiary/aromatic N) is 2. The number of nitrogens with one attached hydrogen (secondary N) is 1. The molecular formula is C40H66N4O. The third-order valence-electron chi connectivity index (χ3n) is 8.07. The Labute approximate surface area is 276 Å². The third-order valence-corrected chi connectivity index (χ3v) is 8.07. The van der Waals surface area contributed by atoms with Crippen LogP contribution in [0.25, 0.3) is 27.9 Å². The van der Waals surface area contributed by atoms with Crippen LogP contribution >= 0.6 is 0 Å². The van der Waals surface area contributed by atoms with Crippen LogP contribution in [0.1, 0.15) is 144 Å². The minimum Gasteiger partial charge on any atom is -0.493 e. The molecule has 1 fully saturated rings. The van der Waals surface area contributed by atoms with Gasteiger partial charge in [0.05, 0.1) is 35.2 Å². The maximum atomic E-state index is 6.64. The summed E-state index contributed by atoms with van der Waals surface area (Å²) in [5.74, 6) is 1.70. The monoisotopic (exact) mass is 619 g/mol. The Morgan fingerprint density at radius 3 is 2.27 bits per heavy atom. The summed E-state index contributed by atoms with van der Waals surface area (Å²) >= 11 is 0. The van der Waals surface area contributed by atoms with Crippen molar-refractivity contribution in [2.45, 2.75) is 139 Å². The van der Waals surface area contributed by atoms with E-state index in [2.05, 4.69) is 88.3 Å². The standard InChI is InChI=1S/C31H42N4O.C5H12.2C2H6/c1-5-9-15-26(32)30-29(36-18-6-2)20-25(24(7-3)31(30)33-8-4)22-16-17-28-27(19-22)34-21-35(28)23-13-11-10-12-14-23;1-4-5(2)3;2*1-2/h8,15-17,19-21,23,33H,4-7,9-14,18,32H2,1-3H3;5H,4H2,1-3H3;2*1-2H3/b26-15+;;;. The van der Waals surface area contributed by atoms with E-state index in [0.717, 1.165) is 70.9 Å². The number of fused-ring (bicyclic) bond motifs is 1. The zero-order chi connectivity index (χ0) is 33.8. The molecule has 0 saturated heterocycles. The summed E-state index contributed by atoms with van der Waals surface area (Å²) in [4.78, 5) is 4.82. The number of allylic oxidation sites excluding steroid dienone is 1. The summed E-state index contributed by atoms with van der Waals surface area (Å²) in [6, 6.07) is 9.43. The summed E-state index contributed by atoms with van der Waals surface area (Å²) in [5.41, 5.74) is 15.1. The SMILES string of the molecule is C=CNc1c(CC)c(-c2ccc3c(c2)ncn3C2CCCCC2)cc(OCCC)c1/C(N)=C\CCC.CC.CC.CCC(C)C. The fraction of sp³-hybridized carbons (Fsp3) is 0.575. The van der Waals surface area contributed by atoms with E-state index >= 15 is 0 Å². The molecule has 5 heteroatoms. The van der Waals surface area contributed by atoms with Crippen molar-refractivity contribution >= 4 is 22.4 Å². The molecule has 1 aliphatic rings. The summed E-state index contributed by atoms with van der Waals surface area (Å²) in [6.45, 7) is 25.7. The molecule has 0 atom stereocenters. The van der Waals surface area contributed by atoms with Gasteiger partial charge in [-0.05, 0) is 79.1 Å². The predicted molar refractivity (Wildman–Crippen MR) is 201 cm³/mol. The first-order chi connectivity index (χ1) is 21.9. The highest BCUT2D eigenvalue weighted by atomic mass is 16.5. The summed E-state index contributed by atoms with van der Waals surface area (Å²) in [6.07, 6.45) is 17.4. The number of unbranched alkanes of at least 4 members (excludes halogenated alkanes) is 1. The highest BCUT2D eigenvalue weighted by molar-refractivity contribution is 5.90. The maximum Gasteiger partial charge on any atom is 0.131 e. The molecule has 0 radical (unpaired) electrons. The van der Waals surface area contributed by atoms with E-state index < -0.39 is 0 Å². The van der Waals surface area contributed by atoms with Crippen LogP contribution in [0.2, 0.25) is 0 Å². The smallest absolute Gasteiger partial charge is 0.131 e. The molecule has 3 aromatic rings. The molecule has 0 bridgehead atoms. The first-order valence-corrected chi connectivity index (χ1v) is 18.0. The fourth-order valence-electron chi connectivity index (χ4n) is 5.45. The van der Waals surface area contributed by atoms with E-state index in [9.17, 15) is 0 Å². The minimum atomic E-state index is 0.565. The van der Waals surface area contributed by atoms with E-state index in [1.165, 1.54) is 49.6 Å². The van der Waals surface area contributed by atoms with Gasteiger partial charge >= 0.3 is 0 Å².